The average Bonchev–Trinajstić information content (AvgIpc) is 2.64. The van der Waals surface area contributed by atoms with Crippen LogP contribution in [-0.2, 0) is 0 Å². The second-order valence-electron chi connectivity index (χ2n) is 6.54. The third-order valence-electron chi connectivity index (χ3n) is 3.77. The van der Waals surface area contributed by atoms with Crippen molar-refractivity contribution >= 4 is 6.21 Å². The van der Waals surface area contributed by atoms with Crippen LogP contribution in [0.25, 0.3) is 11.1 Å². The fourth-order valence-electron chi connectivity index (χ4n) is 2.55. The van der Waals surface area contributed by atoms with Crippen molar-refractivity contribution < 1.29 is 0 Å². The molecule has 132 valence electrons. The van der Waals surface area contributed by atoms with Gasteiger partial charge >= 0.3 is 0 Å². The first-order chi connectivity index (χ1) is 12.6. The minimum Gasteiger partial charge on any atom is -0.293 e. The summed E-state index contributed by atoms with van der Waals surface area (Å²) < 4.78 is 0. The quantitative estimate of drug-likeness (QED) is 0.247. The predicted molar refractivity (Wildman–Crippen MR) is 115 cm³/mol. The van der Waals surface area contributed by atoms with Gasteiger partial charge in [0.25, 0.3) is 0 Å². The smallest absolute Gasteiger partial charge is 0.0398 e. The number of nitrogens with zero attached hydrogens (tertiary/aromatic N) is 1. The minimum atomic E-state index is 0.820. The molecule has 0 amide bonds. The summed E-state index contributed by atoms with van der Waals surface area (Å²) in [7, 11) is 0. The molecule has 1 nitrogen and oxygen atoms in total. The maximum Gasteiger partial charge on any atom is 0.0398 e. The average molecular weight is 341 g/mol. The van der Waals surface area contributed by atoms with Gasteiger partial charge in [0.05, 0.1) is 0 Å². The van der Waals surface area contributed by atoms with E-state index in [-0.39, 0.29) is 0 Å². The van der Waals surface area contributed by atoms with Gasteiger partial charge in [0, 0.05) is 24.7 Å². The zero-order valence-electron chi connectivity index (χ0n) is 16.0. The molecule has 0 spiro atoms. The van der Waals surface area contributed by atoms with Crippen molar-refractivity contribution in [2.75, 3.05) is 6.54 Å². The van der Waals surface area contributed by atoms with Crippen LogP contribution in [0.2, 0.25) is 0 Å². The Bertz CT molecular complexity index is 821. The van der Waals surface area contributed by atoms with E-state index in [4.69, 9.17) is 0 Å². The van der Waals surface area contributed by atoms with Crippen LogP contribution < -0.4 is 0 Å². The van der Waals surface area contributed by atoms with E-state index in [1.807, 2.05) is 18.4 Å². The van der Waals surface area contributed by atoms with Crippen LogP contribution in [0.15, 0.2) is 82.9 Å². The first kappa shape index (κ1) is 19.5. The van der Waals surface area contributed by atoms with Crippen molar-refractivity contribution in [2.45, 2.75) is 33.6 Å². The van der Waals surface area contributed by atoms with Gasteiger partial charge in [0.1, 0.15) is 0 Å². The molecule has 0 bridgehead atoms. The highest BCUT2D eigenvalue weighted by Gasteiger charge is 1.95. The van der Waals surface area contributed by atoms with Gasteiger partial charge in [0.15, 0.2) is 0 Å². The molecule has 0 fully saturated rings. The van der Waals surface area contributed by atoms with Crippen molar-refractivity contribution in [3.8, 4) is 23.0 Å². The van der Waals surface area contributed by atoms with Gasteiger partial charge in [0.2, 0.25) is 0 Å². The fourth-order valence-corrected chi connectivity index (χ4v) is 2.55. The molecule has 0 N–H and O–H groups in total. The Kier molecular flexibility index (Phi) is 8.16. The zero-order valence-corrected chi connectivity index (χ0v) is 16.0. The topological polar surface area (TPSA) is 12.4 Å². The van der Waals surface area contributed by atoms with E-state index in [2.05, 4.69) is 92.2 Å². The maximum atomic E-state index is 4.41. The lowest BCUT2D eigenvalue weighted by atomic mass is 10.0. The van der Waals surface area contributed by atoms with Gasteiger partial charge in [-0.3, -0.25) is 4.99 Å². The standard InChI is InChI=1S/C25H27N/c1-21(2)20-22(3)17-19-26-18-9-5-6-10-23-13-15-25(16-14-23)24-11-7-4-8-12-24/h4,7-8,11-17,19-20H,5,9,18H2,1-3H3/b22-17-,26-19+. The Hall–Kier alpha value is -2.85. The van der Waals surface area contributed by atoms with Crippen LogP contribution in [0.5, 0.6) is 0 Å². The third kappa shape index (κ3) is 7.36. The zero-order chi connectivity index (χ0) is 18.6. The molecule has 0 heterocycles. The Morgan fingerprint density at radius 2 is 1.62 bits per heavy atom. The molecule has 0 unspecified atom stereocenters. The van der Waals surface area contributed by atoms with Crippen LogP contribution in [0.4, 0.5) is 0 Å². The van der Waals surface area contributed by atoms with Crippen molar-refractivity contribution in [2.24, 2.45) is 4.99 Å². The molecule has 2 aromatic carbocycles. The Morgan fingerprint density at radius 3 is 2.31 bits per heavy atom. The summed E-state index contributed by atoms with van der Waals surface area (Å²) in [5.41, 5.74) is 6.06. The van der Waals surface area contributed by atoms with Crippen LogP contribution in [0, 0.1) is 11.8 Å². The van der Waals surface area contributed by atoms with E-state index in [0.29, 0.717) is 0 Å². The molecule has 2 aromatic rings. The number of allylic oxidation sites excluding steroid dienone is 4. The van der Waals surface area contributed by atoms with Crippen LogP contribution in [-0.4, -0.2) is 12.8 Å². The van der Waals surface area contributed by atoms with Crippen molar-refractivity contribution in [1.82, 2.24) is 0 Å². The normalized spacial score (nSPS) is 11.1. The Labute approximate surface area is 158 Å². The molecule has 0 aliphatic heterocycles. The molecule has 0 atom stereocenters. The van der Waals surface area contributed by atoms with Crippen molar-refractivity contribution in [3.05, 3.63) is 83.5 Å². The molecule has 0 saturated heterocycles. The minimum absolute atomic E-state index is 0.820. The summed E-state index contributed by atoms with van der Waals surface area (Å²) in [5, 5.41) is 0. The lowest BCUT2D eigenvalue weighted by Crippen LogP contribution is -1.82. The number of rotatable bonds is 6. The summed E-state index contributed by atoms with van der Waals surface area (Å²) in [4.78, 5) is 4.41. The van der Waals surface area contributed by atoms with E-state index in [0.717, 1.165) is 24.9 Å². The number of hydrogen-bond acceptors (Lipinski definition) is 1. The molecule has 2 rings (SSSR count). The van der Waals surface area contributed by atoms with Gasteiger partial charge in [-0.2, -0.15) is 0 Å². The highest BCUT2D eigenvalue weighted by molar-refractivity contribution is 5.72. The Morgan fingerprint density at radius 1 is 0.923 bits per heavy atom. The summed E-state index contributed by atoms with van der Waals surface area (Å²) >= 11 is 0. The van der Waals surface area contributed by atoms with Crippen LogP contribution >= 0.6 is 0 Å². The first-order valence-electron chi connectivity index (χ1n) is 9.11. The molecular weight excluding hydrogens is 314 g/mol. The van der Waals surface area contributed by atoms with Gasteiger partial charge in [-0.05, 0) is 62.1 Å². The van der Waals surface area contributed by atoms with E-state index >= 15 is 0 Å². The van der Waals surface area contributed by atoms with Gasteiger partial charge in [-0.1, -0.05) is 66.0 Å². The molecule has 26 heavy (non-hydrogen) atoms. The predicted octanol–water partition coefficient (Wildman–Crippen LogP) is 6.47. The van der Waals surface area contributed by atoms with Gasteiger partial charge in [-0.25, -0.2) is 0 Å². The number of hydrogen-bond donors (Lipinski definition) is 0. The Balaban J connectivity index is 1.76. The van der Waals surface area contributed by atoms with Crippen molar-refractivity contribution in [1.29, 1.82) is 0 Å². The van der Waals surface area contributed by atoms with E-state index in [9.17, 15) is 0 Å². The molecule has 0 aromatic heterocycles. The van der Waals surface area contributed by atoms with Gasteiger partial charge < -0.3 is 0 Å². The first-order valence-corrected chi connectivity index (χ1v) is 9.11. The van der Waals surface area contributed by atoms with E-state index < -0.39 is 0 Å². The molecule has 0 aliphatic rings. The molecular formula is C25H27N. The molecule has 0 saturated carbocycles. The highest BCUT2D eigenvalue weighted by atomic mass is 14.7. The molecule has 1 heteroatoms. The maximum absolute atomic E-state index is 4.41. The number of benzene rings is 2. The second-order valence-corrected chi connectivity index (χ2v) is 6.54. The highest BCUT2D eigenvalue weighted by Crippen LogP contribution is 2.18. The summed E-state index contributed by atoms with van der Waals surface area (Å²) in [6.45, 7) is 7.11. The molecule has 0 radical (unpaired) electrons. The largest absolute Gasteiger partial charge is 0.293 e. The van der Waals surface area contributed by atoms with Gasteiger partial charge in [-0.15, -0.1) is 0 Å². The number of unbranched alkanes of at least 4 members (excludes halogenated alkanes) is 1. The SMILES string of the molecule is CC(C)=C/C(C)=C\C=N\CCCC#Cc1ccc(-c2ccccc2)cc1. The monoisotopic (exact) mass is 341 g/mol. The summed E-state index contributed by atoms with van der Waals surface area (Å²) in [6.07, 6.45) is 7.95. The molecule has 0 aliphatic carbocycles. The number of aliphatic imine (C=N–C) groups is 1. The summed E-state index contributed by atoms with van der Waals surface area (Å²) in [6, 6.07) is 18.8. The summed E-state index contributed by atoms with van der Waals surface area (Å²) in [5.74, 6) is 6.47. The van der Waals surface area contributed by atoms with E-state index in [1.165, 1.54) is 22.3 Å². The third-order valence-corrected chi connectivity index (χ3v) is 3.77. The second kappa shape index (κ2) is 10.9. The van der Waals surface area contributed by atoms with Crippen molar-refractivity contribution in [3.63, 3.8) is 0 Å². The van der Waals surface area contributed by atoms with Crippen LogP contribution in [0.1, 0.15) is 39.2 Å². The lowest BCUT2D eigenvalue weighted by molar-refractivity contribution is 0.874. The fraction of sp³-hybridized carbons (Fsp3) is 0.240. The van der Waals surface area contributed by atoms with Crippen LogP contribution in [0.3, 0.4) is 0 Å². The van der Waals surface area contributed by atoms with E-state index in [1.54, 1.807) is 0 Å². The lowest BCUT2D eigenvalue weighted by Gasteiger charge is -2.00.